The number of anilines is 2. The second-order valence-electron chi connectivity index (χ2n) is 10.3. The predicted molar refractivity (Wildman–Crippen MR) is 163 cm³/mol. The molecule has 4 N–H and O–H groups in total. The number of esters is 1. The highest BCUT2D eigenvalue weighted by Gasteiger charge is 2.31. The quantitative estimate of drug-likeness (QED) is 0.181. The number of urea groups is 1. The van der Waals surface area contributed by atoms with Gasteiger partial charge in [0.05, 0.1) is 29.7 Å². The maximum atomic E-state index is 13.9. The number of hydrogen-bond donors (Lipinski definition) is 4. The number of hydrogen-bond acceptors (Lipinski definition) is 7. The third-order valence-corrected chi connectivity index (χ3v) is 7.19. The standard InChI is InChI=1S/C32H33FN6O5/c1-20-5-10-25(33)26(16-20)38-32(42)37-22-6-8-23(9-7-22)44-24-11-12-34-28(18-24)27-17-21(19-36-27)30(40)35-13-15-39-14-3-4-29(39)31(41)43-2/h5-12,16-19,29,36H,3-4,13-15H2,1-2H3,(H,35,40)(H2,37,38,42)/t29-/m0/s1. The Balaban J connectivity index is 1.13. The Labute approximate surface area is 253 Å². The molecule has 0 saturated carbocycles. The fourth-order valence-electron chi connectivity index (χ4n) is 4.97. The lowest BCUT2D eigenvalue weighted by atomic mass is 10.2. The molecule has 3 heterocycles. The Bertz CT molecular complexity index is 1640. The number of carbonyl (C=O) groups is 3. The molecule has 0 bridgehead atoms. The van der Waals surface area contributed by atoms with Crippen LogP contribution in [-0.4, -0.2) is 65.6 Å². The van der Waals surface area contributed by atoms with Gasteiger partial charge in [0, 0.05) is 37.2 Å². The van der Waals surface area contributed by atoms with Gasteiger partial charge in [-0.15, -0.1) is 0 Å². The fourth-order valence-corrected chi connectivity index (χ4v) is 4.97. The lowest BCUT2D eigenvalue weighted by molar-refractivity contribution is -0.145. The van der Waals surface area contributed by atoms with Crippen LogP contribution in [0.4, 0.5) is 20.6 Å². The summed E-state index contributed by atoms with van der Waals surface area (Å²) >= 11 is 0. The normalized spacial score (nSPS) is 14.6. The number of H-pyrrole nitrogens is 1. The number of benzene rings is 2. The Hall–Kier alpha value is -5.23. The maximum absolute atomic E-state index is 13.9. The van der Waals surface area contributed by atoms with E-state index in [0.29, 0.717) is 47.2 Å². The minimum atomic E-state index is -0.570. The Kier molecular flexibility index (Phi) is 9.50. The highest BCUT2D eigenvalue weighted by Crippen LogP contribution is 2.27. The third-order valence-electron chi connectivity index (χ3n) is 7.19. The molecule has 1 fully saturated rings. The number of nitrogens with zero attached hydrogens (tertiary/aromatic N) is 2. The summed E-state index contributed by atoms with van der Waals surface area (Å²) in [6, 6.07) is 15.5. The summed E-state index contributed by atoms with van der Waals surface area (Å²) in [6.45, 7) is 3.56. The molecule has 0 radical (unpaired) electrons. The van der Waals surface area contributed by atoms with Crippen molar-refractivity contribution in [1.29, 1.82) is 0 Å². The van der Waals surface area contributed by atoms with Crippen molar-refractivity contribution in [1.82, 2.24) is 20.2 Å². The fraction of sp³-hybridized carbons (Fsp3) is 0.250. The van der Waals surface area contributed by atoms with Crippen LogP contribution < -0.4 is 20.7 Å². The summed E-state index contributed by atoms with van der Waals surface area (Å²) in [4.78, 5) is 46.5. The molecule has 0 unspecified atom stereocenters. The van der Waals surface area contributed by atoms with Crippen molar-refractivity contribution in [2.75, 3.05) is 37.4 Å². The molecule has 1 saturated heterocycles. The van der Waals surface area contributed by atoms with Crippen molar-refractivity contribution >= 4 is 29.3 Å². The smallest absolute Gasteiger partial charge is 0.323 e. The van der Waals surface area contributed by atoms with E-state index in [4.69, 9.17) is 9.47 Å². The Morgan fingerprint density at radius 3 is 2.66 bits per heavy atom. The summed E-state index contributed by atoms with van der Waals surface area (Å²) in [5, 5.41) is 8.07. The van der Waals surface area contributed by atoms with E-state index < -0.39 is 11.8 Å². The summed E-state index contributed by atoms with van der Waals surface area (Å²) in [5.74, 6) is 0.0512. The van der Waals surface area contributed by atoms with Gasteiger partial charge in [-0.2, -0.15) is 0 Å². The van der Waals surface area contributed by atoms with Gasteiger partial charge in [-0.25, -0.2) is 9.18 Å². The lowest BCUT2D eigenvalue weighted by Gasteiger charge is -2.22. The van der Waals surface area contributed by atoms with Crippen molar-refractivity contribution in [2.45, 2.75) is 25.8 Å². The highest BCUT2D eigenvalue weighted by atomic mass is 19.1. The number of halogens is 1. The van der Waals surface area contributed by atoms with E-state index in [0.717, 1.165) is 24.9 Å². The maximum Gasteiger partial charge on any atom is 0.323 e. The van der Waals surface area contributed by atoms with Gasteiger partial charge < -0.3 is 30.4 Å². The molecule has 5 rings (SSSR count). The number of pyridine rings is 1. The number of aryl methyl sites for hydroxylation is 1. The van der Waals surface area contributed by atoms with E-state index in [2.05, 4.69) is 25.9 Å². The summed E-state index contributed by atoms with van der Waals surface area (Å²) in [6.07, 6.45) is 4.90. The number of rotatable bonds is 10. The number of aromatic nitrogens is 2. The molecule has 2 aromatic heterocycles. The summed E-state index contributed by atoms with van der Waals surface area (Å²) in [5.41, 5.74) is 3.10. The SMILES string of the molecule is COC(=O)[C@@H]1CCCN1CCNC(=O)c1c[nH]c(-c2cc(Oc3ccc(NC(=O)Nc4cc(C)ccc4F)cc3)ccn2)c1. The topological polar surface area (TPSA) is 138 Å². The van der Waals surface area contributed by atoms with Gasteiger partial charge in [0.2, 0.25) is 0 Å². The third kappa shape index (κ3) is 7.58. The second-order valence-corrected chi connectivity index (χ2v) is 10.3. The zero-order valence-corrected chi connectivity index (χ0v) is 24.4. The molecule has 2 aromatic carbocycles. The zero-order valence-electron chi connectivity index (χ0n) is 24.4. The van der Waals surface area contributed by atoms with Crippen molar-refractivity contribution < 1.29 is 28.2 Å². The van der Waals surface area contributed by atoms with Gasteiger partial charge in [-0.05, 0) is 80.4 Å². The minimum absolute atomic E-state index is 0.0958. The first-order valence-corrected chi connectivity index (χ1v) is 14.2. The largest absolute Gasteiger partial charge is 0.468 e. The molecule has 3 amide bonds. The molecular weight excluding hydrogens is 567 g/mol. The number of carbonyl (C=O) groups excluding carboxylic acids is 3. The molecule has 12 heteroatoms. The molecule has 1 aliphatic rings. The second kappa shape index (κ2) is 13.8. The highest BCUT2D eigenvalue weighted by molar-refractivity contribution is 6.00. The van der Waals surface area contributed by atoms with Crippen LogP contribution in [0.15, 0.2) is 73.1 Å². The zero-order chi connectivity index (χ0) is 31.1. The van der Waals surface area contributed by atoms with E-state index in [1.165, 1.54) is 13.2 Å². The van der Waals surface area contributed by atoms with E-state index >= 15 is 0 Å². The predicted octanol–water partition coefficient (Wildman–Crippen LogP) is 5.33. The van der Waals surface area contributed by atoms with Crippen molar-refractivity contribution in [3.05, 3.63) is 90.0 Å². The van der Waals surface area contributed by atoms with Crippen molar-refractivity contribution in [3.63, 3.8) is 0 Å². The monoisotopic (exact) mass is 600 g/mol. The molecular formula is C32H33FN6O5. The van der Waals surface area contributed by atoms with E-state index in [9.17, 15) is 18.8 Å². The number of ether oxygens (including phenoxy) is 2. The van der Waals surface area contributed by atoms with Gasteiger partial charge in [-0.1, -0.05) is 6.07 Å². The van der Waals surface area contributed by atoms with E-state index in [1.807, 2.05) is 11.8 Å². The lowest BCUT2D eigenvalue weighted by Crippen LogP contribution is -2.41. The molecule has 1 atom stereocenters. The van der Waals surface area contributed by atoms with Crippen LogP contribution in [0.3, 0.4) is 0 Å². The van der Waals surface area contributed by atoms with Crippen molar-refractivity contribution in [2.24, 2.45) is 0 Å². The van der Waals surface area contributed by atoms with Crippen LogP contribution >= 0.6 is 0 Å². The van der Waals surface area contributed by atoms with Gasteiger partial charge in [-0.3, -0.25) is 19.5 Å². The average Bonchev–Trinajstić information content (AvgIpc) is 3.70. The number of aromatic amines is 1. The van der Waals surface area contributed by atoms with Crippen LogP contribution in [-0.2, 0) is 9.53 Å². The van der Waals surface area contributed by atoms with Crippen LogP contribution in [0.2, 0.25) is 0 Å². The molecule has 11 nitrogen and oxygen atoms in total. The van der Waals surface area contributed by atoms with Crippen molar-refractivity contribution in [3.8, 4) is 22.9 Å². The van der Waals surface area contributed by atoms with Gasteiger partial charge >= 0.3 is 12.0 Å². The van der Waals surface area contributed by atoms with E-state index in [-0.39, 0.29) is 23.6 Å². The Morgan fingerprint density at radius 2 is 1.86 bits per heavy atom. The number of methoxy groups -OCH3 is 1. The molecule has 228 valence electrons. The van der Waals surface area contributed by atoms with Crippen LogP contribution in [0.1, 0.15) is 28.8 Å². The molecule has 44 heavy (non-hydrogen) atoms. The van der Waals surface area contributed by atoms with Crippen LogP contribution in [0.25, 0.3) is 11.4 Å². The number of likely N-dealkylation sites (tertiary alicyclic amines) is 1. The average molecular weight is 601 g/mol. The molecule has 0 spiro atoms. The first-order chi connectivity index (χ1) is 21.3. The Morgan fingerprint density at radius 1 is 1.05 bits per heavy atom. The molecule has 0 aliphatic carbocycles. The molecule has 1 aliphatic heterocycles. The summed E-state index contributed by atoms with van der Waals surface area (Å²) < 4.78 is 24.8. The number of nitrogens with one attached hydrogen (secondary N) is 4. The first kappa shape index (κ1) is 30.2. The van der Waals surface area contributed by atoms with E-state index in [1.54, 1.807) is 67.0 Å². The van der Waals surface area contributed by atoms with Crippen LogP contribution in [0.5, 0.6) is 11.5 Å². The number of amides is 3. The minimum Gasteiger partial charge on any atom is -0.468 e. The van der Waals surface area contributed by atoms with Gasteiger partial charge in [0.15, 0.2) is 0 Å². The molecule has 4 aromatic rings. The van der Waals surface area contributed by atoms with Crippen LogP contribution in [0, 0.1) is 12.7 Å². The van der Waals surface area contributed by atoms with Gasteiger partial charge in [0.1, 0.15) is 23.4 Å². The van der Waals surface area contributed by atoms with Gasteiger partial charge in [0.25, 0.3) is 5.91 Å². The first-order valence-electron chi connectivity index (χ1n) is 14.2. The summed E-state index contributed by atoms with van der Waals surface area (Å²) in [7, 11) is 1.39.